The summed E-state index contributed by atoms with van der Waals surface area (Å²) in [6, 6.07) is 9.40. The summed E-state index contributed by atoms with van der Waals surface area (Å²) in [5.41, 5.74) is 1.42. The first-order chi connectivity index (χ1) is 14.0. The standard InChI is InChI=1S/C23H31FN2OS2/c1-17(15-28-3)26-11-8-18(9-12-26)22(14-19-6-4-5-7-21(19)24)25(2)23(27)20-10-13-29-16-20/h4-7,10,13,16-18,22H,8-9,11-12,14-15H2,1-3H3. The molecule has 2 heterocycles. The first-order valence-electron chi connectivity index (χ1n) is 10.3. The maximum Gasteiger partial charge on any atom is 0.254 e. The Hall–Kier alpha value is -1.37. The second-order valence-corrected chi connectivity index (χ2v) is 9.66. The fourth-order valence-electron chi connectivity index (χ4n) is 4.34. The van der Waals surface area contributed by atoms with Gasteiger partial charge in [0.15, 0.2) is 0 Å². The monoisotopic (exact) mass is 434 g/mol. The van der Waals surface area contributed by atoms with E-state index in [1.165, 1.54) is 17.4 Å². The van der Waals surface area contributed by atoms with Crippen LogP contribution in [0.2, 0.25) is 0 Å². The topological polar surface area (TPSA) is 23.6 Å². The molecule has 1 aromatic heterocycles. The highest BCUT2D eigenvalue weighted by atomic mass is 32.2. The zero-order valence-corrected chi connectivity index (χ0v) is 19.1. The number of carbonyl (C=O) groups is 1. The lowest BCUT2D eigenvalue weighted by Gasteiger charge is -2.41. The summed E-state index contributed by atoms with van der Waals surface area (Å²) < 4.78 is 14.4. The molecule has 1 amide bonds. The smallest absolute Gasteiger partial charge is 0.254 e. The van der Waals surface area contributed by atoms with Gasteiger partial charge in [0.25, 0.3) is 5.91 Å². The molecule has 1 saturated heterocycles. The Bertz CT molecular complexity index is 775. The molecule has 3 nitrogen and oxygen atoms in total. The lowest BCUT2D eigenvalue weighted by Crippen LogP contribution is -2.49. The molecular weight excluding hydrogens is 403 g/mol. The van der Waals surface area contributed by atoms with Gasteiger partial charge in [-0.25, -0.2) is 4.39 Å². The molecule has 1 aromatic carbocycles. The Labute approximate surface area is 182 Å². The molecule has 1 fully saturated rings. The third-order valence-electron chi connectivity index (χ3n) is 6.12. The summed E-state index contributed by atoms with van der Waals surface area (Å²) in [5, 5.41) is 3.82. The van der Waals surface area contributed by atoms with Crippen molar-refractivity contribution in [3.63, 3.8) is 0 Å². The highest BCUT2D eigenvalue weighted by Gasteiger charge is 2.33. The average Bonchev–Trinajstić information content (AvgIpc) is 3.27. The van der Waals surface area contributed by atoms with Gasteiger partial charge >= 0.3 is 0 Å². The molecule has 6 heteroatoms. The third-order valence-corrected chi connectivity index (χ3v) is 7.62. The molecule has 0 bridgehead atoms. The quantitative estimate of drug-likeness (QED) is 0.582. The summed E-state index contributed by atoms with van der Waals surface area (Å²) in [6.45, 7) is 4.38. The third kappa shape index (κ3) is 5.62. The number of piperidine rings is 1. The van der Waals surface area contributed by atoms with Crippen molar-refractivity contribution in [2.45, 2.75) is 38.3 Å². The van der Waals surface area contributed by atoms with E-state index in [1.807, 2.05) is 52.7 Å². The predicted molar refractivity (Wildman–Crippen MR) is 122 cm³/mol. The molecule has 0 radical (unpaired) electrons. The molecule has 0 spiro atoms. The van der Waals surface area contributed by atoms with Gasteiger partial charge in [0.2, 0.25) is 0 Å². The molecule has 1 aliphatic rings. The van der Waals surface area contributed by atoms with Crippen LogP contribution in [0.4, 0.5) is 4.39 Å². The highest BCUT2D eigenvalue weighted by Crippen LogP contribution is 2.29. The zero-order valence-electron chi connectivity index (χ0n) is 17.5. The number of hydrogen-bond donors (Lipinski definition) is 0. The number of rotatable bonds is 8. The van der Waals surface area contributed by atoms with Crippen LogP contribution in [0, 0.1) is 11.7 Å². The van der Waals surface area contributed by atoms with Gasteiger partial charge in [-0.05, 0) is 74.5 Å². The van der Waals surface area contributed by atoms with E-state index in [9.17, 15) is 9.18 Å². The summed E-state index contributed by atoms with van der Waals surface area (Å²) in [5.74, 6) is 1.37. The van der Waals surface area contributed by atoms with Crippen molar-refractivity contribution in [1.29, 1.82) is 0 Å². The normalized spacial score (nSPS) is 17.8. The number of likely N-dealkylation sites (N-methyl/N-ethyl adjacent to an activating group) is 1. The van der Waals surface area contributed by atoms with Crippen LogP contribution >= 0.6 is 23.1 Å². The summed E-state index contributed by atoms with van der Waals surface area (Å²) in [6.07, 6.45) is 4.79. The zero-order chi connectivity index (χ0) is 20.8. The number of likely N-dealkylation sites (tertiary alicyclic amines) is 1. The Morgan fingerprint density at radius 1 is 1.31 bits per heavy atom. The summed E-state index contributed by atoms with van der Waals surface area (Å²) in [4.78, 5) is 17.5. The highest BCUT2D eigenvalue weighted by molar-refractivity contribution is 7.98. The van der Waals surface area contributed by atoms with Crippen molar-refractivity contribution >= 4 is 29.0 Å². The van der Waals surface area contributed by atoms with E-state index in [0.29, 0.717) is 23.9 Å². The van der Waals surface area contributed by atoms with Crippen molar-refractivity contribution in [3.05, 3.63) is 58.0 Å². The van der Waals surface area contributed by atoms with Gasteiger partial charge in [0, 0.05) is 30.3 Å². The Morgan fingerprint density at radius 2 is 2.03 bits per heavy atom. The Morgan fingerprint density at radius 3 is 2.66 bits per heavy atom. The van der Waals surface area contributed by atoms with Crippen LogP contribution in [0.5, 0.6) is 0 Å². The fraction of sp³-hybridized carbons (Fsp3) is 0.522. The van der Waals surface area contributed by atoms with Crippen molar-refractivity contribution in [2.75, 3.05) is 32.1 Å². The van der Waals surface area contributed by atoms with Crippen molar-refractivity contribution in [3.8, 4) is 0 Å². The number of amides is 1. The minimum absolute atomic E-state index is 0.00249. The Balaban J connectivity index is 1.76. The van der Waals surface area contributed by atoms with E-state index in [1.54, 1.807) is 6.07 Å². The van der Waals surface area contributed by atoms with E-state index in [4.69, 9.17) is 0 Å². The molecule has 2 unspecified atom stereocenters. The number of thiophene rings is 1. The average molecular weight is 435 g/mol. The van der Waals surface area contributed by atoms with Crippen molar-refractivity contribution in [2.24, 2.45) is 5.92 Å². The number of hydrogen-bond acceptors (Lipinski definition) is 4. The number of carbonyl (C=O) groups excluding carboxylic acids is 1. The maximum atomic E-state index is 14.4. The van der Waals surface area contributed by atoms with E-state index >= 15 is 0 Å². The van der Waals surface area contributed by atoms with Gasteiger partial charge in [-0.2, -0.15) is 23.1 Å². The van der Waals surface area contributed by atoms with E-state index < -0.39 is 0 Å². The first-order valence-corrected chi connectivity index (χ1v) is 12.6. The fourth-order valence-corrected chi connectivity index (χ4v) is 5.66. The molecule has 0 saturated carbocycles. The van der Waals surface area contributed by atoms with E-state index in [0.717, 1.165) is 37.2 Å². The molecule has 29 heavy (non-hydrogen) atoms. The molecule has 0 N–H and O–H groups in total. The van der Waals surface area contributed by atoms with Crippen LogP contribution < -0.4 is 0 Å². The van der Waals surface area contributed by atoms with Gasteiger partial charge in [-0.1, -0.05) is 18.2 Å². The van der Waals surface area contributed by atoms with Gasteiger partial charge in [0.1, 0.15) is 5.82 Å². The summed E-state index contributed by atoms with van der Waals surface area (Å²) in [7, 11) is 1.88. The van der Waals surface area contributed by atoms with Gasteiger partial charge in [-0.15, -0.1) is 0 Å². The molecule has 3 rings (SSSR count). The number of thioether (sulfide) groups is 1. The van der Waals surface area contributed by atoms with Gasteiger partial charge < -0.3 is 4.90 Å². The second-order valence-electron chi connectivity index (χ2n) is 7.97. The molecule has 158 valence electrons. The molecule has 1 aliphatic heterocycles. The van der Waals surface area contributed by atoms with E-state index in [-0.39, 0.29) is 17.8 Å². The molecule has 0 aliphatic carbocycles. The summed E-state index contributed by atoms with van der Waals surface area (Å²) >= 11 is 3.42. The molecule has 2 aromatic rings. The maximum absolute atomic E-state index is 14.4. The number of halogens is 1. The largest absolute Gasteiger partial charge is 0.338 e. The SMILES string of the molecule is CSCC(C)N1CCC(C(Cc2ccccc2F)N(C)C(=O)c2ccsc2)CC1. The van der Waals surface area contributed by atoms with Crippen LogP contribution in [0.25, 0.3) is 0 Å². The van der Waals surface area contributed by atoms with Crippen molar-refractivity contribution < 1.29 is 9.18 Å². The molecular formula is C23H31FN2OS2. The Kier molecular flexibility index (Phi) is 8.16. The predicted octanol–water partition coefficient (Wildman–Crippen LogP) is 5.03. The van der Waals surface area contributed by atoms with Crippen LogP contribution in [0.1, 0.15) is 35.7 Å². The van der Waals surface area contributed by atoms with Crippen LogP contribution in [0.3, 0.4) is 0 Å². The van der Waals surface area contributed by atoms with E-state index in [2.05, 4.69) is 18.1 Å². The lowest BCUT2D eigenvalue weighted by atomic mass is 9.84. The van der Waals surface area contributed by atoms with Crippen LogP contribution in [-0.4, -0.2) is 59.9 Å². The molecule has 2 atom stereocenters. The van der Waals surface area contributed by atoms with Gasteiger partial charge in [0.05, 0.1) is 5.56 Å². The van der Waals surface area contributed by atoms with Crippen molar-refractivity contribution in [1.82, 2.24) is 9.80 Å². The van der Waals surface area contributed by atoms with Crippen LogP contribution in [-0.2, 0) is 6.42 Å². The minimum atomic E-state index is -0.181. The van der Waals surface area contributed by atoms with Crippen LogP contribution in [0.15, 0.2) is 41.1 Å². The minimum Gasteiger partial charge on any atom is -0.338 e. The number of nitrogens with zero attached hydrogens (tertiary/aromatic N) is 2. The first kappa shape index (κ1) is 22.3. The van der Waals surface area contributed by atoms with Gasteiger partial charge in [-0.3, -0.25) is 9.69 Å². The lowest BCUT2D eigenvalue weighted by molar-refractivity contribution is 0.0563. The second kappa shape index (κ2) is 10.6. The number of benzene rings is 1.